The monoisotopic (exact) mass is 282 g/mol. The zero-order valence-electron chi connectivity index (χ0n) is 11.1. The molecule has 6 heteroatoms. The van der Waals surface area contributed by atoms with Gasteiger partial charge in [0.1, 0.15) is 0 Å². The van der Waals surface area contributed by atoms with Crippen LogP contribution in [0.3, 0.4) is 0 Å². The van der Waals surface area contributed by atoms with Gasteiger partial charge in [0.25, 0.3) is 0 Å². The summed E-state index contributed by atoms with van der Waals surface area (Å²) in [6.07, 6.45) is 1.64. The summed E-state index contributed by atoms with van der Waals surface area (Å²) in [6.45, 7) is 0. The summed E-state index contributed by atoms with van der Waals surface area (Å²) < 4.78 is 1.33. The van der Waals surface area contributed by atoms with Crippen LogP contribution in [-0.2, 0) is 0 Å². The highest BCUT2D eigenvalue weighted by Crippen LogP contribution is 2.29. The summed E-state index contributed by atoms with van der Waals surface area (Å²) in [7, 11) is 0. The van der Waals surface area contributed by atoms with Gasteiger partial charge in [-0.2, -0.15) is 0 Å². The Hall–Kier alpha value is -3.15. The molecule has 0 aliphatic rings. The molecule has 3 rings (SSSR count). The molecule has 0 fully saturated rings. The molecule has 0 aliphatic carbocycles. The van der Waals surface area contributed by atoms with Gasteiger partial charge in [-0.1, -0.05) is 6.07 Å². The standard InChI is InChI=1S/C15H14N4O2/c16-12-5-2-8-17-15(12)18-10-3-1-4-11(9-10)19-13(20)6-7-14(19)21/h1-9,20-21H,16H2,(H,17,18). The van der Waals surface area contributed by atoms with Gasteiger partial charge in [-0.3, -0.25) is 4.57 Å². The molecule has 6 nitrogen and oxygen atoms in total. The van der Waals surface area contributed by atoms with E-state index in [4.69, 9.17) is 5.73 Å². The number of anilines is 3. The molecule has 0 unspecified atom stereocenters. The number of nitrogen functional groups attached to an aromatic ring is 1. The van der Waals surface area contributed by atoms with Gasteiger partial charge in [-0.25, -0.2) is 4.98 Å². The van der Waals surface area contributed by atoms with Gasteiger partial charge >= 0.3 is 0 Å². The molecule has 3 aromatic rings. The lowest BCUT2D eigenvalue weighted by Gasteiger charge is -2.11. The van der Waals surface area contributed by atoms with Crippen LogP contribution in [0, 0.1) is 0 Å². The minimum atomic E-state index is -0.0398. The SMILES string of the molecule is Nc1cccnc1Nc1cccc(-n2c(O)ccc2O)c1. The highest BCUT2D eigenvalue weighted by Gasteiger charge is 2.09. The number of benzene rings is 1. The Kier molecular flexibility index (Phi) is 3.12. The molecular weight excluding hydrogens is 268 g/mol. The second-order valence-corrected chi connectivity index (χ2v) is 4.50. The number of aromatic nitrogens is 2. The second-order valence-electron chi connectivity index (χ2n) is 4.50. The van der Waals surface area contributed by atoms with Crippen LogP contribution in [0.1, 0.15) is 0 Å². The van der Waals surface area contributed by atoms with Crippen molar-refractivity contribution in [1.82, 2.24) is 9.55 Å². The molecule has 0 amide bonds. The zero-order valence-corrected chi connectivity index (χ0v) is 11.1. The molecule has 0 bridgehead atoms. The second kappa shape index (κ2) is 5.09. The number of nitrogens with one attached hydrogen (secondary N) is 1. The first-order valence-corrected chi connectivity index (χ1v) is 6.33. The maximum atomic E-state index is 9.76. The molecule has 0 spiro atoms. The van der Waals surface area contributed by atoms with E-state index in [0.717, 1.165) is 5.69 Å². The van der Waals surface area contributed by atoms with Crippen LogP contribution in [0.2, 0.25) is 0 Å². The summed E-state index contributed by atoms with van der Waals surface area (Å²) in [6, 6.07) is 13.5. The largest absolute Gasteiger partial charge is 0.494 e. The Morgan fingerprint density at radius 2 is 1.76 bits per heavy atom. The van der Waals surface area contributed by atoms with Crippen molar-refractivity contribution in [3.63, 3.8) is 0 Å². The first kappa shape index (κ1) is 12.9. The predicted molar refractivity (Wildman–Crippen MR) is 81.0 cm³/mol. The van der Waals surface area contributed by atoms with Gasteiger partial charge in [-0.05, 0) is 30.3 Å². The first-order chi connectivity index (χ1) is 10.1. The summed E-state index contributed by atoms with van der Waals surface area (Å²) in [5.74, 6) is 0.472. The molecule has 1 aromatic carbocycles. The van der Waals surface area contributed by atoms with Gasteiger partial charge < -0.3 is 21.3 Å². The van der Waals surface area contributed by atoms with E-state index >= 15 is 0 Å². The maximum absolute atomic E-state index is 9.76. The van der Waals surface area contributed by atoms with Crippen LogP contribution in [-0.4, -0.2) is 19.8 Å². The average molecular weight is 282 g/mol. The van der Waals surface area contributed by atoms with Crippen LogP contribution in [0.4, 0.5) is 17.2 Å². The highest BCUT2D eigenvalue weighted by atomic mass is 16.3. The van der Waals surface area contributed by atoms with Crippen LogP contribution in [0.15, 0.2) is 54.7 Å². The molecule has 0 atom stereocenters. The Bertz CT molecular complexity index is 763. The van der Waals surface area contributed by atoms with Crippen LogP contribution >= 0.6 is 0 Å². The summed E-state index contributed by atoms with van der Waals surface area (Å²) in [5.41, 5.74) is 7.74. The number of nitrogens with two attached hydrogens (primary N) is 1. The van der Waals surface area contributed by atoms with E-state index in [1.54, 1.807) is 36.5 Å². The minimum absolute atomic E-state index is 0.0398. The fraction of sp³-hybridized carbons (Fsp3) is 0. The van der Waals surface area contributed by atoms with Gasteiger partial charge in [0.05, 0.1) is 11.4 Å². The highest BCUT2D eigenvalue weighted by molar-refractivity contribution is 5.69. The van der Waals surface area contributed by atoms with Gasteiger partial charge in [-0.15, -0.1) is 0 Å². The molecular formula is C15H14N4O2. The number of rotatable bonds is 3. The van der Waals surface area contributed by atoms with Crippen LogP contribution in [0.5, 0.6) is 11.8 Å². The topological polar surface area (TPSA) is 96.3 Å². The van der Waals surface area contributed by atoms with Crippen molar-refractivity contribution in [2.75, 3.05) is 11.1 Å². The Labute approximate surface area is 121 Å². The lowest BCUT2D eigenvalue weighted by Crippen LogP contribution is -1.99. The summed E-state index contributed by atoms with van der Waals surface area (Å²) >= 11 is 0. The fourth-order valence-electron chi connectivity index (χ4n) is 2.06. The molecule has 5 N–H and O–H groups in total. The van der Waals surface area contributed by atoms with Crippen molar-refractivity contribution in [2.45, 2.75) is 0 Å². The Balaban J connectivity index is 1.96. The number of aromatic hydroxyl groups is 2. The molecule has 0 saturated carbocycles. The Morgan fingerprint density at radius 3 is 2.48 bits per heavy atom. The van der Waals surface area contributed by atoms with Crippen molar-refractivity contribution in [3.8, 4) is 17.4 Å². The van der Waals surface area contributed by atoms with Gasteiger partial charge in [0.15, 0.2) is 17.6 Å². The average Bonchev–Trinajstić information content (AvgIpc) is 2.81. The van der Waals surface area contributed by atoms with E-state index in [2.05, 4.69) is 10.3 Å². The lowest BCUT2D eigenvalue weighted by molar-refractivity contribution is 0.402. The smallest absolute Gasteiger partial charge is 0.198 e. The minimum Gasteiger partial charge on any atom is -0.494 e. The van der Waals surface area contributed by atoms with Crippen molar-refractivity contribution in [1.29, 1.82) is 0 Å². The van der Waals surface area contributed by atoms with Gasteiger partial charge in [0.2, 0.25) is 0 Å². The maximum Gasteiger partial charge on any atom is 0.198 e. The van der Waals surface area contributed by atoms with E-state index in [1.165, 1.54) is 16.7 Å². The number of hydrogen-bond donors (Lipinski definition) is 4. The Morgan fingerprint density at radius 1 is 1.00 bits per heavy atom. The first-order valence-electron chi connectivity index (χ1n) is 6.33. The van der Waals surface area contributed by atoms with Crippen LogP contribution < -0.4 is 11.1 Å². The third kappa shape index (κ3) is 2.46. The van der Waals surface area contributed by atoms with E-state index < -0.39 is 0 Å². The molecule has 0 radical (unpaired) electrons. The lowest BCUT2D eigenvalue weighted by atomic mass is 10.2. The number of hydrogen-bond acceptors (Lipinski definition) is 5. The van der Waals surface area contributed by atoms with Crippen molar-refractivity contribution in [3.05, 3.63) is 54.7 Å². The molecule has 21 heavy (non-hydrogen) atoms. The predicted octanol–water partition coefficient (Wildman–Crippen LogP) is 2.61. The number of pyridine rings is 1. The van der Waals surface area contributed by atoms with E-state index in [-0.39, 0.29) is 11.8 Å². The fourth-order valence-corrected chi connectivity index (χ4v) is 2.06. The summed E-state index contributed by atoms with van der Waals surface area (Å²) in [5, 5.41) is 22.6. The van der Waals surface area contributed by atoms with Crippen LogP contribution in [0.25, 0.3) is 5.69 Å². The number of nitrogens with zero attached hydrogens (tertiary/aromatic N) is 2. The molecule has 2 heterocycles. The van der Waals surface area contributed by atoms with Crippen molar-refractivity contribution >= 4 is 17.2 Å². The molecule has 0 saturated heterocycles. The van der Waals surface area contributed by atoms with E-state index in [0.29, 0.717) is 17.2 Å². The molecule has 106 valence electrons. The van der Waals surface area contributed by atoms with Gasteiger partial charge in [0, 0.05) is 24.0 Å². The third-order valence-electron chi connectivity index (χ3n) is 3.05. The van der Waals surface area contributed by atoms with Crippen molar-refractivity contribution < 1.29 is 10.2 Å². The van der Waals surface area contributed by atoms with E-state index in [9.17, 15) is 10.2 Å². The summed E-state index contributed by atoms with van der Waals surface area (Å²) in [4.78, 5) is 4.16. The quantitative estimate of drug-likeness (QED) is 0.592. The molecule has 2 aromatic heterocycles. The molecule has 0 aliphatic heterocycles. The van der Waals surface area contributed by atoms with Crippen molar-refractivity contribution in [2.24, 2.45) is 0 Å². The normalized spacial score (nSPS) is 10.5. The third-order valence-corrected chi connectivity index (χ3v) is 3.05. The zero-order chi connectivity index (χ0) is 14.8. The van der Waals surface area contributed by atoms with E-state index in [1.807, 2.05) is 6.07 Å².